The van der Waals surface area contributed by atoms with E-state index in [2.05, 4.69) is 20.5 Å². The Morgan fingerprint density at radius 3 is 2.86 bits per heavy atom. The van der Waals surface area contributed by atoms with Gasteiger partial charge in [-0.15, -0.1) is 10.2 Å². The number of aromatic nitrogens is 4. The largest absolute Gasteiger partial charge is 0.485 e. The van der Waals surface area contributed by atoms with Gasteiger partial charge in [-0.25, -0.2) is 4.98 Å². The Labute approximate surface area is 176 Å². The highest BCUT2D eigenvalue weighted by atomic mass is 35.5. The van der Waals surface area contributed by atoms with E-state index in [0.29, 0.717) is 21.7 Å². The van der Waals surface area contributed by atoms with E-state index >= 15 is 0 Å². The third kappa shape index (κ3) is 5.15. The van der Waals surface area contributed by atoms with Crippen LogP contribution in [0.25, 0.3) is 0 Å². The topological polar surface area (TPSA) is 81.9 Å². The van der Waals surface area contributed by atoms with Crippen LogP contribution in [0.3, 0.4) is 0 Å². The second kappa shape index (κ2) is 9.27. The molecule has 28 heavy (non-hydrogen) atoms. The summed E-state index contributed by atoms with van der Waals surface area (Å²) in [5.74, 6) is 1.33. The van der Waals surface area contributed by atoms with Crippen molar-refractivity contribution in [3.8, 4) is 5.75 Å². The van der Waals surface area contributed by atoms with Crippen molar-refractivity contribution in [2.45, 2.75) is 18.7 Å². The van der Waals surface area contributed by atoms with Gasteiger partial charge in [-0.2, -0.15) is 0 Å². The number of rotatable bonds is 7. The van der Waals surface area contributed by atoms with Crippen LogP contribution in [0.2, 0.25) is 10.2 Å². The van der Waals surface area contributed by atoms with Crippen LogP contribution in [0.4, 0.5) is 5.69 Å². The number of ether oxygens (including phenoxy) is 1. The molecule has 1 aromatic carbocycles. The van der Waals surface area contributed by atoms with Gasteiger partial charge >= 0.3 is 0 Å². The van der Waals surface area contributed by atoms with E-state index in [1.165, 1.54) is 11.8 Å². The van der Waals surface area contributed by atoms with Crippen molar-refractivity contribution in [1.29, 1.82) is 0 Å². The van der Waals surface area contributed by atoms with Crippen LogP contribution >= 0.6 is 35.0 Å². The van der Waals surface area contributed by atoms with Crippen molar-refractivity contribution in [2.24, 2.45) is 7.05 Å². The molecule has 0 aliphatic carbocycles. The van der Waals surface area contributed by atoms with E-state index in [4.69, 9.17) is 27.9 Å². The number of halogens is 2. The Balaban J connectivity index is 1.55. The van der Waals surface area contributed by atoms with E-state index in [9.17, 15) is 4.79 Å². The summed E-state index contributed by atoms with van der Waals surface area (Å²) in [6, 6.07) is 8.81. The predicted molar refractivity (Wildman–Crippen MR) is 110 cm³/mol. The number of hydrogen-bond acceptors (Lipinski definition) is 6. The summed E-state index contributed by atoms with van der Waals surface area (Å²) in [6.45, 7) is 2.18. The fourth-order valence-electron chi connectivity index (χ4n) is 2.31. The standard InChI is InChI=1S/C18H17Cl2N5O2S/c1-11-8-12(19)5-6-14(11)27-9-15-23-24-18(25(15)2)28-10-16(26)22-13-4-3-7-21-17(13)20/h3-8H,9-10H2,1-2H3,(H,22,26). The zero-order valence-electron chi connectivity index (χ0n) is 15.1. The number of amides is 1. The van der Waals surface area contributed by atoms with Gasteiger partial charge in [-0.1, -0.05) is 35.0 Å². The number of thioether (sulfide) groups is 1. The van der Waals surface area contributed by atoms with Crippen LogP contribution in [0, 0.1) is 6.92 Å². The molecule has 0 unspecified atom stereocenters. The molecule has 0 aliphatic heterocycles. The zero-order chi connectivity index (χ0) is 20.1. The smallest absolute Gasteiger partial charge is 0.234 e. The molecule has 1 N–H and O–H groups in total. The zero-order valence-corrected chi connectivity index (χ0v) is 17.5. The van der Waals surface area contributed by atoms with Gasteiger partial charge in [-0.3, -0.25) is 4.79 Å². The molecule has 2 aromatic heterocycles. The molecule has 0 saturated carbocycles. The first-order valence-corrected chi connectivity index (χ1v) is 9.98. The lowest BCUT2D eigenvalue weighted by Crippen LogP contribution is -2.15. The fraction of sp³-hybridized carbons (Fsp3) is 0.222. The molecular formula is C18H17Cl2N5O2S. The van der Waals surface area contributed by atoms with Crippen LogP contribution in [0.15, 0.2) is 41.7 Å². The monoisotopic (exact) mass is 437 g/mol. The third-order valence-electron chi connectivity index (χ3n) is 3.78. The minimum atomic E-state index is -0.211. The van der Waals surface area contributed by atoms with Gasteiger partial charge in [0.25, 0.3) is 0 Å². The SMILES string of the molecule is Cc1cc(Cl)ccc1OCc1nnc(SCC(=O)Nc2cccnc2Cl)n1C. The average Bonchev–Trinajstić information content (AvgIpc) is 3.01. The molecule has 0 fully saturated rings. The van der Waals surface area contributed by atoms with Gasteiger partial charge in [-0.05, 0) is 42.8 Å². The Hall–Kier alpha value is -2.29. The van der Waals surface area contributed by atoms with Crippen molar-refractivity contribution < 1.29 is 9.53 Å². The predicted octanol–water partition coefficient (Wildman–Crippen LogP) is 4.14. The molecule has 0 radical (unpaired) electrons. The molecule has 146 valence electrons. The molecule has 1 amide bonds. The molecule has 2 heterocycles. The van der Waals surface area contributed by atoms with Crippen molar-refractivity contribution in [3.63, 3.8) is 0 Å². The van der Waals surface area contributed by atoms with Crippen LogP contribution in [0.5, 0.6) is 5.75 Å². The highest BCUT2D eigenvalue weighted by Gasteiger charge is 2.13. The van der Waals surface area contributed by atoms with Crippen LogP contribution < -0.4 is 10.1 Å². The van der Waals surface area contributed by atoms with Crippen LogP contribution in [-0.4, -0.2) is 31.4 Å². The molecule has 0 aliphatic rings. The van der Waals surface area contributed by atoms with Gasteiger partial charge in [0.1, 0.15) is 12.4 Å². The summed E-state index contributed by atoms with van der Waals surface area (Å²) in [4.78, 5) is 16.0. The number of carbonyl (C=O) groups excluding carboxylic acids is 1. The summed E-state index contributed by atoms with van der Waals surface area (Å²) in [6.07, 6.45) is 1.56. The molecule has 3 aromatic rings. The number of benzene rings is 1. The minimum absolute atomic E-state index is 0.161. The van der Waals surface area contributed by atoms with Gasteiger partial charge < -0.3 is 14.6 Å². The number of hydrogen-bond donors (Lipinski definition) is 1. The number of nitrogens with zero attached hydrogens (tertiary/aromatic N) is 4. The van der Waals surface area contributed by atoms with Crippen molar-refractivity contribution in [3.05, 3.63) is 58.1 Å². The molecular weight excluding hydrogens is 421 g/mol. The van der Waals surface area contributed by atoms with Gasteiger partial charge in [0.05, 0.1) is 11.4 Å². The molecule has 0 bridgehead atoms. The lowest BCUT2D eigenvalue weighted by molar-refractivity contribution is -0.113. The second-order valence-corrected chi connectivity index (χ2v) is 7.57. The molecule has 0 spiro atoms. The number of nitrogens with one attached hydrogen (secondary N) is 1. The quantitative estimate of drug-likeness (QED) is 0.441. The number of carbonyl (C=O) groups is 1. The number of pyridine rings is 1. The van der Waals surface area contributed by atoms with E-state index < -0.39 is 0 Å². The normalized spacial score (nSPS) is 10.7. The van der Waals surface area contributed by atoms with Crippen molar-refractivity contribution >= 4 is 46.6 Å². The van der Waals surface area contributed by atoms with Gasteiger partial charge in [0.15, 0.2) is 16.1 Å². The third-order valence-corrected chi connectivity index (χ3v) is 5.34. The Morgan fingerprint density at radius 1 is 1.29 bits per heavy atom. The fourth-order valence-corrected chi connectivity index (χ4v) is 3.43. The van der Waals surface area contributed by atoms with Gasteiger partial charge in [0, 0.05) is 18.3 Å². The Kier molecular flexibility index (Phi) is 6.77. The van der Waals surface area contributed by atoms with E-state index in [0.717, 1.165) is 11.3 Å². The summed E-state index contributed by atoms with van der Waals surface area (Å²) < 4.78 is 7.59. The maximum atomic E-state index is 12.1. The second-order valence-electron chi connectivity index (χ2n) is 5.83. The van der Waals surface area contributed by atoms with E-state index in [1.54, 1.807) is 29.0 Å². The summed E-state index contributed by atoms with van der Waals surface area (Å²) in [5.41, 5.74) is 1.41. The summed E-state index contributed by atoms with van der Waals surface area (Å²) >= 11 is 13.2. The van der Waals surface area contributed by atoms with E-state index in [-0.39, 0.29) is 23.4 Å². The first-order valence-electron chi connectivity index (χ1n) is 8.24. The van der Waals surface area contributed by atoms with Crippen LogP contribution in [-0.2, 0) is 18.4 Å². The first kappa shape index (κ1) is 20.4. The summed E-state index contributed by atoms with van der Waals surface area (Å²) in [5, 5.41) is 12.5. The van der Waals surface area contributed by atoms with Crippen molar-refractivity contribution in [2.75, 3.05) is 11.1 Å². The Morgan fingerprint density at radius 2 is 2.11 bits per heavy atom. The Bertz CT molecular complexity index is 996. The summed E-state index contributed by atoms with van der Waals surface area (Å²) in [7, 11) is 1.83. The van der Waals surface area contributed by atoms with Crippen LogP contribution in [0.1, 0.15) is 11.4 Å². The molecule has 0 saturated heterocycles. The van der Waals surface area contributed by atoms with Gasteiger partial charge in [0.2, 0.25) is 5.91 Å². The van der Waals surface area contributed by atoms with Crippen molar-refractivity contribution in [1.82, 2.24) is 19.7 Å². The average molecular weight is 438 g/mol. The lowest BCUT2D eigenvalue weighted by Gasteiger charge is -2.09. The lowest BCUT2D eigenvalue weighted by atomic mass is 10.2. The molecule has 7 nitrogen and oxygen atoms in total. The maximum absolute atomic E-state index is 12.1. The molecule has 0 atom stereocenters. The highest BCUT2D eigenvalue weighted by molar-refractivity contribution is 7.99. The number of aryl methyl sites for hydroxylation is 1. The number of anilines is 1. The molecule has 3 rings (SSSR count). The first-order chi connectivity index (χ1) is 13.4. The minimum Gasteiger partial charge on any atom is -0.485 e. The van der Waals surface area contributed by atoms with E-state index in [1.807, 2.05) is 26.1 Å². The maximum Gasteiger partial charge on any atom is 0.234 e. The highest BCUT2D eigenvalue weighted by Crippen LogP contribution is 2.23. The molecule has 10 heteroatoms.